The minimum absolute atomic E-state index is 0. The van der Waals surface area contributed by atoms with Crippen molar-refractivity contribution in [2.75, 3.05) is 23.7 Å². The maximum Gasteiger partial charge on any atom is 0.261 e. The van der Waals surface area contributed by atoms with Crippen molar-refractivity contribution in [1.82, 2.24) is 5.32 Å². The van der Waals surface area contributed by atoms with E-state index in [2.05, 4.69) is 15.4 Å². The number of carbonyl (C=O) groups is 1. The van der Waals surface area contributed by atoms with Crippen LogP contribution in [-0.2, 0) is 14.8 Å². The van der Waals surface area contributed by atoms with Crippen molar-refractivity contribution in [2.24, 2.45) is 0 Å². The fraction of sp³-hybridized carbons (Fsp3) is 0.278. The van der Waals surface area contributed by atoms with E-state index in [0.717, 1.165) is 19.4 Å². The van der Waals surface area contributed by atoms with Gasteiger partial charge in [-0.15, -0.1) is 12.4 Å². The summed E-state index contributed by atoms with van der Waals surface area (Å²) < 4.78 is 32.8. The van der Waals surface area contributed by atoms with Gasteiger partial charge in [-0.25, -0.2) is 8.42 Å². The molecule has 1 fully saturated rings. The van der Waals surface area contributed by atoms with E-state index in [-0.39, 0.29) is 29.3 Å². The number of hydrogen-bond donors (Lipinski definition) is 3. The van der Waals surface area contributed by atoms with Gasteiger partial charge < -0.3 is 15.4 Å². The van der Waals surface area contributed by atoms with Crippen molar-refractivity contribution >= 4 is 39.7 Å². The number of ether oxygens (including phenoxy) is 1. The molecule has 0 aliphatic carbocycles. The predicted octanol–water partition coefficient (Wildman–Crippen LogP) is 2.61. The molecule has 2 aromatic rings. The number of sulfonamides is 1. The van der Waals surface area contributed by atoms with E-state index in [0.29, 0.717) is 17.1 Å². The van der Waals surface area contributed by atoms with Crippen molar-refractivity contribution in [3.8, 4) is 5.75 Å². The Morgan fingerprint density at radius 3 is 2.37 bits per heavy atom. The molecule has 146 valence electrons. The van der Waals surface area contributed by atoms with Crippen molar-refractivity contribution in [2.45, 2.75) is 23.8 Å². The van der Waals surface area contributed by atoms with E-state index < -0.39 is 10.0 Å². The second kappa shape index (κ2) is 9.07. The third kappa shape index (κ3) is 5.12. The average Bonchev–Trinajstić information content (AvgIpc) is 3.18. The van der Waals surface area contributed by atoms with Crippen LogP contribution < -0.4 is 20.1 Å². The molecule has 0 unspecified atom stereocenters. The quantitative estimate of drug-likeness (QED) is 0.679. The monoisotopic (exact) mass is 411 g/mol. The number of methoxy groups -OCH3 is 1. The van der Waals surface area contributed by atoms with Gasteiger partial charge in [0.1, 0.15) is 5.75 Å². The molecular formula is C18H22ClN3O4S. The summed E-state index contributed by atoms with van der Waals surface area (Å²) in [6, 6.07) is 12.6. The lowest BCUT2D eigenvalue weighted by Gasteiger charge is -2.16. The molecule has 0 radical (unpaired) electrons. The van der Waals surface area contributed by atoms with E-state index in [1.807, 2.05) is 0 Å². The highest BCUT2D eigenvalue weighted by molar-refractivity contribution is 7.92. The zero-order chi connectivity index (χ0) is 18.6. The highest BCUT2D eigenvalue weighted by atomic mass is 35.5. The van der Waals surface area contributed by atoms with Crippen LogP contribution >= 0.6 is 12.4 Å². The van der Waals surface area contributed by atoms with Gasteiger partial charge in [-0.3, -0.25) is 9.52 Å². The molecule has 1 saturated heterocycles. The van der Waals surface area contributed by atoms with Gasteiger partial charge >= 0.3 is 0 Å². The summed E-state index contributed by atoms with van der Waals surface area (Å²) in [6.07, 6.45) is 1.72. The molecule has 7 nitrogen and oxygen atoms in total. The summed E-state index contributed by atoms with van der Waals surface area (Å²) in [5.74, 6) is 0.402. The normalized spacial score (nSPS) is 16.3. The Morgan fingerprint density at radius 1 is 1.11 bits per heavy atom. The van der Waals surface area contributed by atoms with Gasteiger partial charge in [0.05, 0.1) is 29.4 Å². The molecule has 1 aliphatic heterocycles. The average molecular weight is 412 g/mol. The second-order valence-electron chi connectivity index (χ2n) is 5.96. The van der Waals surface area contributed by atoms with E-state index in [1.54, 1.807) is 36.4 Å². The van der Waals surface area contributed by atoms with Crippen LogP contribution in [0.25, 0.3) is 0 Å². The van der Waals surface area contributed by atoms with Crippen LogP contribution in [0, 0.1) is 0 Å². The van der Waals surface area contributed by atoms with Gasteiger partial charge in [-0.05, 0) is 55.8 Å². The number of benzene rings is 2. The lowest BCUT2D eigenvalue weighted by Crippen LogP contribution is -2.35. The Bertz CT molecular complexity index is 882. The first-order valence-corrected chi connectivity index (χ1v) is 9.78. The van der Waals surface area contributed by atoms with E-state index >= 15 is 0 Å². The Balaban J connectivity index is 0.00000261. The maximum atomic E-state index is 12.6. The second-order valence-corrected chi connectivity index (χ2v) is 7.65. The van der Waals surface area contributed by atoms with Crippen molar-refractivity contribution in [1.29, 1.82) is 0 Å². The molecule has 1 aliphatic rings. The van der Waals surface area contributed by atoms with E-state index in [1.165, 1.54) is 19.2 Å². The van der Waals surface area contributed by atoms with Gasteiger partial charge in [0, 0.05) is 0 Å². The van der Waals surface area contributed by atoms with Crippen LogP contribution in [0.15, 0.2) is 53.4 Å². The standard InChI is InChI=1S/C18H21N3O4S.ClH/c1-25-13-8-10-14(11-9-13)26(23,24)21-16-6-3-2-5-15(16)20-18(22)17-7-4-12-19-17;/h2-3,5-6,8-11,17,19,21H,4,7,12H2,1H3,(H,20,22);1H/t17-;/m0./s1. The highest BCUT2D eigenvalue weighted by Crippen LogP contribution is 2.25. The smallest absolute Gasteiger partial charge is 0.261 e. The third-order valence-electron chi connectivity index (χ3n) is 4.18. The fourth-order valence-electron chi connectivity index (χ4n) is 2.77. The molecule has 1 atom stereocenters. The van der Waals surface area contributed by atoms with Crippen molar-refractivity contribution < 1.29 is 17.9 Å². The zero-order valence-electron chi connectivity index (χ0n) is 14.8. The summed E-state index contributed by atoms with van der Waals surface area (Å²) in [5.41, 5.74) is 0.734. The van der Waals surface area contributed by atoms with Crippen LogP contribution in [0.5, 0.6) is 5.75 Å². The van der Waals surface area contributed by atoms with Gasteiger partial charge in [0.25, 0.3) is 10.0 Å². The van der Waals surface area contributed by atoms with Crippen LogP contribution in [0.3, 0.4) is 0 Å². The SMILES string of the molecule is COc1ccc(S(=O)(=O)Nc2ccccc2NC(=O)[C@@H]2CCCN2)cc1.Cl. The Hall–Kier alpha value is -2.29. The molecule has 1 amide bonds. The summed E-state index contributed by atoms with van der Waals surface area (Å²) in [6.45, 7) is 0.809. The fourth-order valence-corrected chi connectivity index (χ4v) is 3.85. The molecular weight excluding hydrogens is 390 g/mol. The van der Waals surface area contributed by atoms with Crippen LogP contribution in [-0.4, -0.2) is 34.0 Å². The molecule has 2 aromatic carbocycles. The molecule has 1 heterocycles. The largest absolute Gasteiger partial charge is 0.497 e. The topological polar surface area (TPSA) is 96.5 Å². The molecule has 9 heteroatoms. The Labute approximate surface area is 165 Å². The van der Waals surface area contributed by atoms with Crippen molar-refractivity contribution in [3.05, 3.63) is 48.5 Å². The first kappa shape index (κ1) is 21.0. The Kier molecular flexibility index (Phi) is 7.06. The van der Waals surface area contributed by atoms with Gasteiger partial charge in [0.2, 0.25) is 5.91 Å². The van der Waals surface area contributed by atoms with Gasteiger partial charge in [-0.1, -0.05) is 12.1 Å². The third-order valence-corrected chi connectivity index (χ3v) is 5.56. The minimum Gasteiger partial charge on any atom is -0.497 e. The first-order chi connectivity index (χ1) is 12.5. The van der Waals surface area contributed by atoms with E-state index in [4.69, 9.17) is 4.74 Å². The number of carbonyl (C=O) groups excluding carboxylic acids is 1. The number of halogens is 1. The maximum absolute atomic E-state index is 12.6. The van der Waals surface area contributed by atoms with Gasteiger partial charge in [0.15, 0.2) is 0 Å². The van der Waals surface area contributed by atoms with Gasteiger partial charge in [-0.2, -0.15) is 0 Å². The molecule has 0 saturated carbocycles. The highest BCUT2D eigenvalue weighted by Gasteiger charge is 2.23. The number of nitrogens with one attached hydrogen (secondary N) is 3. The number of hydrogen-bond acceptors (Lipinski definition) is 5. The number of rotatable bonds is 6. The van der Waals surface area contributed by atoms with E-state index in [9.17, 15) is 13.2 Å². The molecule has 3 N–H and O–H groups in total. The summed E-state index contributed by atoms with van der Waals surface area (Å²) in [4.78, 5) is 12.4. The lowest BCUT2D eigenvalue weighted by molar-refractivity contribution is -0.117. The summed E-state index contributed by atoms with van der Waals surface area (Å²) in [5, 5.41) is 5.91. The molecule has 3 rings (SSSR count). The minimum atomic E-state index is -3.79. The molecule has 27 heavy (non-hydrogen) atoms. The summed E-state index contributed by atoms with van der Waals surface area (Å²) in [7, 11) is -2.27. The van der Waals surface area contributed by atoms with Crippen molar-refractivity contribution in [3.63, 3.8) is 0 Å². The van der Waals surface area contributed by atoms with Crippen LogP contribution in [0.1, 0.15) is 12.8 Å². The predicted molar refractivity (Wildman–Crippen MR) is 107 cm³/mol. The number of anilines is 2. The lowest BCUT2D eigenvalue weighted by atomic mass is 10.2. The molecule has 0 aromatic heterocycles. The number of amides is 1. The first-order valence-electron chi connectivity index (χ1n) is 8.30. The van der Waals surface area contributed by atoms with Crippen LogP contribution in [0.4, 0.5) is 11.4 Å². The summed E-state index contributed by atoms with van der Waals surface area (Å²) >= 11 is 0. The molecule has 0 spiro atoms. The number of para-hydroxylation sites is 2. The van der Waals surface area contributed by atoms with Crippen LogP contribution in [0.2, 0.25) is 0 Å². The zero-order valence-corrected chi connectivity index (χ0v) is 16.4. The Morgan fingerprint density at radius 2 is 1.78 bits per heavy atom. The molecule has 0 bridgehead atoms.